The van der Waals surface area contributed by atoms with Crippen molar-refractivity contribution in [2.75, 3.05) is 7.05 Å². The molecule has 134 valence electrons. The summed E-state index contributed by atoms with van der Waals surface area (Å²) >= 11 is 0. The van der Waals surface area contributed by atoms with Crippen molar-refractivity contribution in [2.45, 2.75) is 25.9 Å². The van der Waals surface area contributed by atoms with Crippen LogP contribution in [0, 0.1) is 11.6 Å². The summed E-state index contributed by atoms with van der Waals surface area (Å²) < 4.78 is 26.9. The molecule has 0 heterocycles. The van der Waals surface area contributed by atoms with Gasteiger partial charge in [-0.15, -0.1) is 0 Å². The Hall–Kier alpha value is -2.52. The first-order valence-corrected chi connectivity index (χ1v) is 8.82. The van der Waals surface area contributed by atoms with E-state index in [2.05, 4.69) is 66.5 Å². The first-order valence-electron chi connectivity index (χ1n) is 8.82. The Bertz CT molecular complexity index is 847. The lowest BCUT2D eigenvalue weighted by atomic mass is 10.00. The zero-order chi connectivity index (χ0) is 18.5. The first kappa shape index (κ1) is 18.3. The zero-order valence-electron chi connectivity index (χ0n) is 15.1. The highest BCUT2D eigenvalue weighted by molar-refractivity contribution is 5.75. The summed E-state index contributed by atoms with van der Waals surface area (Å²) in [5.41, 5.74) is 4.07. The summed E-state index contributed by atoms with van der Waals surface area (Å²) in [7, 11) is 1.95. The van der Waals surface area contributed by atoms with Crippen molar-refractivity contribution in [3.63, 3.8) is 0 Å². The summed E-state index contributed by atoms with van der Waals surface area (Å²) in [4.78, 5) is 2.06. The third-order valence-corrected chi connectivity index (χ3v) is 4.82. The minimum Gasteiger partial charge on any atom is -0.295 e. The largest absolute Gasteiger partial charge is 0.295 e. The van der Waals surface area contributed by atoms with E-state index in [0.717, 1.165) is 18.1 Å². The lowest BCUT2D eigenvalue weighted by molar-refractivity contribution is 0.249. The van der Waals surface area contributed by atoms with Crippen molar-refractivity contribution in [1.82, 2.24) is 4.90 Å². The summed E-state index contributed by atoms with van der Waals surface area (Å²) in [6.45, 7) is 2.51. The highest BCUT2D eigenvalue weighted by Crippen LogP contribution is 2.25. The van der Waals surface area contributed by atoms with Gasteiger partial charge in [0, 0.05) is 24.2 Å². The van der Waals surface area contributed by atoms with Gasteiger partial charge in [0.15, 0.2) is 0 Å². The molecule has 2 aromatic rings. The lowest BCUT2D eigenvalue weighted by Gasteiger charge is -2.25. The molecule has 0 spiro atoms. The van der Waals surface area contributed by atoms with E-state index in [1.165, 1.54) is 23.3 Å². The van der Waals surface area contributed by atoms with Gasteiger partial charge < -0.3 is 0 Å². The van der Waals surface area contributed by atoms with Crippen LogP contribution in [0.5, 0.6) is 0 Å². The SMILES string of the molecule is CC(c1ccc(C2=CCC=CC=C2)cc1)N(C)Cc1ccc(F)cc1F. The quantitative estimate of drug-likeness (QED) is 0.633. The van der Waals surface area contributed by atoms with Crippen LogP contribution in [0.25, 0.3) is 5.57 Å². The molecular formula is C23H23F2N. The smallest absolute Gasteiger partial charge is 0.130 e. The Labute approximate surface area is 154 Å². The number of allylic oxidation sites excluding steroid dienone is 6. The molecule has 1 aliphatic carbocycles. The van der Waals surface area contributed by atoms with Crippen LogP contribution in [0.2, 0.25) is 0 Å². The lowest BCUT2D eigenvalue weighted by Crippen LogP contribution is -2.22. The predicted molar refractivity (Wildman–Crippen MR) is 104 cm³/mol. The molecule has 1 unspecified atom stereocenters. The fourth-order valence-electron chi connectivity index (χ4n) is 3.06. The average molecular weight is 351 g/mol. The summed E-state index contributed by atoms with van der Waals surface area (Å²) in [6.07, 6.45) is 11.5. The fraction of sp³-hybridized carbons (Fsp3) is 0.217. The second-order valence-electron chi connectivity index (χ2n) is 6.63. The fourth-order valence-corrected chi connectivity index (χ4v) is 3.06. The number of halogens is 2. The van der Waals surface area contributed by atoms with Gasteiger partial charge in [-0.05, 0) is 43.2 Å². The van der Waals surface area contributed by atoms with Crippen molar-refractivity contribution in [1.29, 1.82) is 0 Å². The van der Waals surface area contributed by atoms with Crippen molar-refractivity contribution >= 4 is 5.57 Å². The maximum Gasteiger partial charge on any atom is 0.130 e. The standard InChI is InChI=1S/C23H23F2N/c1-17(26(2)16-21-13-14-22(24)15-23(21)25)18-9-11-20(12-10-18)19-7-5-3-4-6-8-19/h3-5,7-15,17H,6,16H2,1-2H3. The van der Waals surface area contributed by atoms with E-state index >= 15 is 0 Å². The molecule has 26 heavy (non-hydrogen) atoms. The Morgan fingerprint density at radius 3 is 2.54 bits per heavy atom. The molecule has 0 N–H and O–H groups in total. The normalized spacial score (nSPS) is 15.0. The maximum absolute atomic E-state index is 13.9. The number of nitrogens with zero attached hydrogens (tertiary/aromatic N) is 1. The van der Waals surface area contributed by atoms with E-state index in [4.69, 9.17) is 0 Å². The van der Waals surface area contributed by atoms with Gasteiger partial charge in [0.25, 0.3) is 0 Å². The summed E-state index contributed by atoms with van der Waals surface area (Å²) in [5, 5.41) is 0. The molecule has 1 atom stereocenters. The average Bonchev–Trinajstić information content (AvgIpc) is 2.93. The minimum atomic E-state index is -0.547. The van der Waals surface area contributed by atoms with E-state index in [0.29, 0.717) is 12.1 Å². The summed E-state index contributed by atoms with van der Waals surface area (Å²) in [5.74, 6) is -1.05. The molecule has 0 amide bonds. The molecule has 1 nitrogen and oxygen atoms in total. The van der Waals surface area contributed by atoms with Gasteiger partial charge in [-0.25, -0.2) is 8.78 Å². The highest BCUT2D eigenvalue weighted by Gasteiger charge is 2.14. The molecule has 0 aromatic heterocycles. The molecule has 0 saturated carbocycles. The second-order valence-corrected chi connectivity index (χ2v) is 6.63. The second kappa shape index (κ2) is 8.24. The molecular weight excluding hydrogens is 328 g/mol. The molecule has 3 heteroatoms. The van der Waals surface area contributed by atoms with E-state index in [-0.39, 0.29) is 6.04 Å². The van der Waals surface area contributed by atoms with Crippen LogP contribution in [0.1, 0.15) is 36.1 Å². The van der Waals surface area contributed by atoms with Gasteiger partial charge >= 0.3 is 0 Å². The van der Waals surface area contributed by atoms with E-state index in [1.54, 1.807) is 0 Å². The minimum absolute atomic E-state index is 0.119. The van der Waals surface area contributed by atoms with Gasteiger partial charge in [0.05, 0.1) is 0 Å². The molecule has 0 bridgehead atoms. The first-order chi connectivity index (χ1) is 12.5. The zero-order valence-corrected chi connectivity index (χ0v) is 15.1. The van der Waals surface area contributed by atoms with Crippen LogP contribution >= 0.6 is 0 Å². The Morgan fingerprint density at radius 1 is 1.04 bits per heavy atom. The van der Waals surface area contributed by atoms with Crippen LogP contribution < -0.4 is 0 Å². The Kier molecular flexibility index (Phi) is 5.79. The third-order valence-electron chi connectivity index (χ3n) is 4.82. The predicted octanol–water partition coefficient (Wildman–Crippen LogP) is 6.06. The molecule has 3 rings (SSSR count). The molecule has 1 aliphatic rings. The van der Waals surface area contributed by atoms with Crippen LogP contribution in [-0.4, -0.2) is 11.9 Å². The molecule has 2 aromatic carbocycles. The molecule has 0 aliphatic heterocycles. The van der Waals surface area contributed by atoms with Crippen molar-refractivity contribution in [3.8, 4) is 0 Å². The van der Waals surface area contributed by atoms with E-state index < -0.39 is 11.6 Å². The van der Waals surface area contributed by atoms with E-state index in [9.17, 15) is 8.78 Å². The van der Waals surface area contributed by atoms with Crippen molar-refractivity contribution < 1.29 is 8.78 Å². The van der Waals surface area contributed by atoms with Crippen LogP contribution in [0.15, 0.2) is 72.8 Å². The van der Waals surface area contributed by atoms with Gasteiger partial charge in [-0.2, -0.15) is 0 Å². The third kappa shape index (κ3) is 4.36. The topological polar surface area (TPSA) is 3.24 Å². The summed E-state index contributed by atoms with van der Waals surface area (Å²) in [6, 6.07) is 12.3. The van der Waals surface area contributed by atoms with E-state index in [1.807, 2.05) is 7.05 Å². The Balaban J connectivity index is 1.71. The number of hydrogen-bond donors (Lipinski definition) is 0. The molecule has 0 radical (unpaired) electrons. The van der Waals surface area contributed by atoms with Gasteiger partial charge in [0.2, 0.25) is 0 Å². The van der Waals surface area contributed by atoms with Crippen LogP contribution in [-0.2, 0) is 6.54 Å². The van der Waals surface area contributed by atoms with Crippen LogP contribution in [0.4, 0.5) is 8.78 Å². The monoisotopic (exact) mass is 351 g/mol. The van der Waals surface area contributed by atoms with Gasteiger partial charge in [0.1, 0.15) is 11.6 Å². The van der Waals surface area contributed by atoms with Crippen LogP contribution in [0.3, 0.4) is 0 Å². The molecule has 0 fully saturated rings. The number of benzene rings is 2. The van der Waals surface area contributed by atoms with Crippen molar-refractivity contribution in [3.05, 3.63) is 101 Å². The van der Waals surface area contributed by atoms with Crippen molar-refractivity contribution in [2.24, 2.45) is 0 Å². The number of hydrogen-bond acceptors (Lipinski definition) is 1. The van der Waals surface area contributed by atoms with Gasteiger partial charge in [-0.3, -0.25) is 4.90 Å². The van der Waals surface area contributed by atoms with Gasteiger partial charge in [-0.1, -0.05) is 60.7 Å². The maximum atomic E-state index is 13.9. The molecule has 0 saturated heterocycles. The highest BCUT2D eigenvalue weighted by atomic mass is 19.1. The number of rotatable bonds is 5. The Morgan fingerprint density at radius 2 is 1.81 bits per heavy atom.